The van der Waals surface area contributed by atoms with Gasteiger partial charge in [0.25, 0.3) is 0 Å². The van der Waals surface area contributed by atoms with E-state index >= 15 is 0 Å². The molecular formula is C16H23N3O3. The predicted octanol–water partition coefficient (Wildman–Crippen LogP) is 1.49. The minimum absolute atomic E-state index is 0.157. The highest BCUT2D eigenvalue weighted by atomic mass is 16.5. The number of nitrogens with two attached hydrogens (primary N) is 1. The molecule has 1 aliphatic rings. The van der Waals surface area contributed by atoms with Gasteiger partial charge < -0.3 is 20.7 Å². The van der Waals surface area contributed by atoms with Crippen LogP contribution in [-0.2, 0) is 11.3 Å². The van der Waals surface area contributed by atoms with Gasteiger partial charge in [-0.2, -0.15) is 0 Å². The molecule has 0 saturated carbocycles. The van der Waals surface area contributed by atoms with Gasteiger partial charge in [0.15, 0.2) is 0 Å². The molecule has 0 aliphatic carbocycles. The fraction of sp³-hybridized carbons (Fsp3) is 0.500. The number of nitrogens with zero attached hydrogens (tertiary/aromatic N) is 1. The van der Waals surface area contributed by atoms with Crippen LogP contribution in [0.2, 0.25) is 0 Å². The average molecular weight is 305 g/mol. The van der Waals surface area contributed by atoms with E-state index in [-0.39, 0.29) is 17.9 Å². The Hall–Kier alpha value is -2.24. The third-order valence-electron chi connectivity index (χ3n) is 3.72. The summed E-state index contributed by atoms with van der Waals surface area (Å²) in [7, 11) is 0. The minimum Gasteiger partial charge on any atom is -0.494 e. The highest BCUT2D eigenvalue weighted by molar-refractivity contribution is 5.80. The van der Waals surface area contributed by atoms with Crippen LogP contribution in [0.3, 0.4) is 0 Å². The van der Waals surface area contributed by atoms with E-state index in [1.54, 1.807) is 4.90 Å². The minimum atomic E-state index is -0.335. The van der Waals surface area contributed by atoms with Crippen LogP contribution >= 0.6 is 0 Å². The molecule has 1 fully saturated rings. The quantitative estimate of drug-likeness (QED) is 0.835. The zero-order valence-electron chi connectivity index (χ0n) is 12.9. The van der Waals surface area contributed by atoms with Gasteiger partial charge in [-0.15, -0.1) is 0 Å². The number of ether oxygens (including phenoxy) is 1. The van der Waals surface area contributed by atoms with Gasteiger partial charge in [-0.05, 0) is 30.5 Å². The molecule has 1 aliphatic heterocycles. The molecule has 3 amide bonds. The number of likely N-dealkylation sites (tertiary alicyclic amines) is 1. The maximum absolute atomic E-state index is 12.0. The molecule has 6 heteroatoms. The van der Waals surface area contributed by atoms with Crippen molar-refractivity contribution in [3.05, 3.63) is 29.8 Å². The van der Waals surface area contributed by atoms with E-state index in [1.807, 2.05) is 24.3 Å². The maximum atomic E-state index is 12.0. The van der Waals surface area contributed by atoms with E-state index in [1.165, 1.54) is 0 Å². The number of carbonyl (C=O) groups is 2. The van der Waals surface area contributed by atoms with Crippen LogP contribution in [0.5, 0.6) is 5.75 Å². The highest BCUT2D eigenvalue weighted by Gasteiger charge is 2.29. The smallest absolute Gasteiger partial charge is 0.317 e. The first-order valence-corrected chi connectivity index (χ1v) is 7.64. The zero-order valence-corrected chi connectivity index (χ0v) is 12.9. The Labute approximate surface area is 130 Å². The van der Waals surface area contributed by atoms with Gasteiger partial charge in [-0.3, -0.25) is 4.79 Å². The summed E-state index contributed by atoms with van der Waals surface area (Å²) in [5.74, 6) is 0.277. The molecule has 0 unspecified atom stereocenters. The second kappa shape index (κ2) is 7.68. The predicted molar refractivity (Wildman–Crippen MR) is 83.3 cm³/mol. The molecule has 2 rings (SSSR count). The van der Waals surface area contributed by atoms with Gasteiger partial charge in [0.05, 0.1) is 12.5 Å². The van der Waals surface area contributed by atoms with Crippen molar-refractivity contribution < 1.29 is 14.3 Å². The molecule has 0 aromatic heterocycles. The number of primary amides is 1. The van der Waals surface area contributed by atoms with Crippen LogP contribution in [0, 0.1) is 5.92 Å². The van der Waals surface area contributed by atoms with Crippen LogP contribution in [-0.4, -0.2) is 36.5 Å². The molecule has 1 aromatic carbocycles. The van der Waals surface area contributed by atoms with E-state index in [9.17, 15) is 9.59 Å². The van der Waals surface area contributed by atoms with Gasteiger partial charge in [0.1, 0.15) is 5.75 Å². The molecule has 1 atom stereocenters. The van der Waals surface area contributed by atoms with E-state index in [2.05, 4.69) is 12.2 Å². The summed E-state index contributed by atoms with van der Waals surface area (Å²) in [6.45, 7) is 4.19. The van der Waals surface area contributed by atoms with Crippen LogP contribution in [0.25, 0.3) is 0 Å². The molecule has 0 radical (unpaired) electrons. The molecule has 3 N–H and O–H groups in total. The molecule has 120 valence electrons. The summed E-state index contributed by atoms with van der Waals surface area (Å²) in [5, 5.41) is 2.86. The van der Waals surface area contributed by atoms with E-state index in [0.717, 1.165) is 17.7 Å². The number of hydrogen-bond donors (Lipinski definition) is 2. The largest absolute Gasteiger partial charge is 0.494 e. The van der Waals surface area contributed by atoms with E-state index in [0.29, 0.717) is 32.7 Å². The van der Waals surface area contributed by atoms with Crippen LogP contribution in [0.4, 0.5) is 4.79 Å². The van der Waals surface area contributed by atoms with Crippen molar-refractivity contribution >= 4 is 11.9 Å². The lowest BCUT2D eigenvalue weighted by Crippen LogP contribution is -2.39. The lowest BCUT2D eigenvalue weighted by Gasteiger charge is -2.17. The number of urea groups is 1. The topological polar surface area (TPSA) is 84.7 Å². The zero-order chi connectivity index (χ0) is 15.9. The maximum Gasteiger partial charge on any atom is 0.317 e. The van der Waals surface area contributed by atoms with Crippen molar-refractivity contribution in [1.29, 1.82) is 0 Å². The lowest BCUT2D eigenvalue weighted by atomic mass is 10.1. The summed E-state index contributed by atoms with van der Waals surface area (Å²) in [6, 6.07) is 7.50. The Balaban J connectivity index is 1.78. The lowest BCUT2D eigenvalue weighted by molar-refractivity contribution is -0.121. The number of nitrogens with one attached hydrogen (secondary N) is 1. The molecule has 1 saturated heterocycles. The number of benzene rings is 1. The third-order valence-corrected chi connectivity index (χ3v) is 3.72. The fourth-order valence-electron chi connectivity index (χ4n) is 2.39. The first-order valence-electron chi connectivity index (χ1n) is 7.64. The Morgan fingerprint density at radius 1 is 1.36 bits per heavy atom. The van der Waals surface area contributed by atoms with Crippen molar-refractivity contribution in [1.82, 2.24) is 10.2 Å². The van der Waals surface area contributed by atoms with Crippen molar-refractivity contribution in [3.8, 4) is 5.75 Å². The van der Waals surface area contributed by atoms with Gasteiger partial charge in [-0.1, -0.05) is 19.1 Å². The second-order valence-electron chi connectivity index (χ2n) is 5.49. The standard InChI is InChI=1S/C16H23N3O3/c1-2-9-22-14-5-3-12(4-6-14)10-18-16(21)19-8-7-13(11-19)15(17)20/h3-6,13H,2,7-11H2,1H3,(H2,17,20)(H,18,21)/t13-/m1/s1. The van der Waals surface area contributed by atoms with Crippen LogP contribution in [0.1, 0.15) is 25.3 Å². The Morgan fingerprint density at radius 2 is 2.09 bits per heavy atom. The van der Waals surface area contributed by atoms with Crippen molar-refractivity contribution in [3.63, 3.8) is 0 Å². The highest BCUT2D eigenvalue weighted by Crippen LogP contribution is 2.16. The summed E-state index contributed by atoms with van der Waals surface area (Å²) in [5.41, 5.74) is 6.27. The van der Waals surface area contributed by atoms with Gasteiger partial charge in [0.2, 0.25) is 5.91 Å². The summed E-state index contributed by atoms with van der Waals surface area (Å²) in [6.07, 6.45) is 1.62. The normalized spacial score (nSPS) is 17.3. The first kappa shape index (κ1) is 16.1. The molecule has 1 aromatic rings. The summed E-state index contributed by atoms with van der Waals surface area (Å²) in [4.78, 5) is 24.8. The van der Waals surface area contributed by atoms with Crippen molar-refractivity contribution in [2.45, 2.75) is 26.3 Å². The molecule has 1 heterocycles. The summed E-state index contributed by atoms with van der Waals surface area (Å²) >= 11 is 0. The second-order valence-corrected chi connectivity index (χ2v) is 5.49. The van der Waals surface area contributed by atoms with Gasteiger partial charge in [0, 0.05) is 19.6 Å². The molecule has 0 spiro atoms. The molecule has 0 bridgehead atoms. The molecular weight excluding hydrogens is 282 g/mol. The number of amides is 3. The van der Waals surface area contributed by atoms with Crippen LogP contribution < -0.4 is 15.8 Å². The monoisotopic (exact) mass is 305 g/mol. The number of carbonyl (C=O) groups excluding carboxylic acids is 2. The van der Waals surface area contributed by atoms with E-state index in [4.69, 9.17) is 10.5 Å². The number of hydrogen-bond acceptors (Lipinski definition) is 3. The fourth-order valence-corrected chi connectivity index (χ4v) is 2.39. The van der Waals surface area contributed by atoms with Crippen molar-refractivity contribution in [2.75, 3.05) is 19.7 Å². The molecule has 22 heavy (non-hydrogen) atoms. The van der Waals surface area contributed by atoms with Gasteiger partial charge >= 0.3 is 6.03 Å². The van der Waals surface area contributed by atoms with Crippen molar-refractivity contribution in [2.24, 2.45) is 11.7 Å². The van der Waals surface area contributed by atoms with E-state index < -0.39 is 0 Å². The Morgan fingerprint density at radius 3 is 2.68 bits per heavy atom. The Bertz CT molecular complexity index is 516. The molecule has 6 nitrogen and oxygen atoms in total. The first-order chi connectivity index (χ1) is 10.6. The van der Waals surface area contributed by atoms with Gasteiger partial charge in [-0.25, -0.2) is 4.79 Å². The average Bonchev–Trinajstić information content (AvgIpc) is 3.02. The summed E-state index contributed by atoms with van der Waals surface area (Å²) < 4.78 is 5.51. The third kappa shape index (κ3) is 4.38. The SMILES string of the molecule is CCCOc1ccc(CNC(=O)N2CC[C@@H](C(N)=O)C2)cc1. The Kier molecular flexibility index (Phi) is 5.63. The number of rotatable bonds is 6. The van der Waals surface area contributed by atoms with Crippen LogP contribution in [0.15, 0.2) is 24.3 Å².